The van der Waals surface area contributed by atoms with Crippen LogP contribution in [-0.4, -0.2) is 63.9 Å². The molecule has 2 aromatic carbocycles. The number of halogens is 2. The monoisotopic (exact) mass is 575 g/mol. The van der Waals surface area contributed by atoms with E-state index in [-0.39, 0.29) is 17.4 Å². The summed E-state index contributed by atoms with van der Waals surface area (Å²) in [5.41, 5.74) is 3.49. The number of aromatic nitrogens is 3. The molecular formula is C30H31ClFN7O2. The lowest BCUT2D eigenvalue weighted by Gasteiger charge is -2.36. The molecule has 0 aliphatic carbocycles. The van der Waals surface area contributed by atoms with E-state index in [4.69, 9.17) is 21.3 Å². The van der Waals surface area contributed by atoms with Gasteiger partial charge in [0.25, 0.3) is 5.62 Å². The third kappa shape index (κ3) is 5.69. The van der Waals surface area contributed by atoms with Crippen LogP contribution in [0.5, 0.6) is 0 Å². The van der Waals surface area contributed by atoms with Gasteiger partial charge in [0.2, 0.25) is 0 Å². The van der Waals surface area contributed by atoms with E-state index >= 15 is 4.39 Å². The average Bonchev–Trinajstić information content (AvgIpc) is 3.44. The number of ether oxygens (including phenoxy) is 1. The molecule has 41 heavy (non-hydrogen) atoms. The van der Waals surface area contributed by atoms with E-state index in [0.717, 1.165) is 47.1 Å². The third-order valence-electron chi connectivity index (χ3n) is 7.10. The second-order valence-electron chi connectivity index (χ2n) is 11.1. The second kappa shape index (κ2) is 10.7. The van der Waals surface area contributed by atoms with Crippen LogP contribution in [0.3, 0.4) is 0 Å². The Morgan fingerprint density at radius 2 is 1.78 bits per heavy atom. The number of benzene rings is 2. The highest BCUT2D eigenvalue weighted by Gasteiger charge is 2.26. The Hall–Kier alpha value is -4.18. The fourth-order valence-electron chi connectivity index (χ4n) is 5.13. The normalized spacial score (nSPS) is 15.7. The molecule has 4 aliphatic heterocycles. The lowest BCUT2D eigenvalue weighted by molar-refractivity contribution is 0.0240. The predicted octanol–water partition coefficient (Wildman–Crippen LogP) is 5.56. The molecule has 0 spiro atoms. The Bertz CT molecular complexity index is 1640. The molecule has 0 radical (unpaired) electrons. The van der Waals surface area contributed by atoms with Crippen molar-refractivity contribution >= 4 is 34.9 Å². The SMILES string of the molecule is CC(C)(C)OC(=O)N1CCN(c2ccc(N=c3ncc4cc(-c5ccc(Cl)cc5)c5n(c-4n3)CCN5)c(F)c2)CC1. The zero-order valence-electron chi connectivity index (χ0n) is 23.2. The lowest BCUT2D eigenvalue weighted by Crippen LogP contribution is -2.50. The van der Waals surface area contributed by atoms with Crippen LogP contribution in [-0.2, 0) is 11.3 Å². The minimum absolute atomic E-state index is 0.165. The van der Waals surface area contributed by atoms with Crippen molar-refractivity contribution in [3.63, 3.8) is 0 Å². The maximum Gasteiger partial charge on any atom is 0.410 e. The van der Waals surface area contributed by atoms with Gasteiger partial charge in [-0.05, 0) is 62.7 Å². The molecule has 4 aliphatic rings. The Kier molecular flexibility index (Phi) is 7.03. The molecule has 6 rings (SSSR count). The number of hydrogen-bond donors (Lipinski definition) is 1. The molecule has 0 unspecified atom stereocenters. The summed E-state index contributed by atoms with van der Waals surface area (Å²) in [6.45, 7) is 9.23. The standard InChI is InChI=1S/C30H31ClFN7O2/c1-30(2,3)41-29(40)38-14-12-37(13-15-38)22-8-9-25(24(32)17-22)35-28-34-18-20-16-23(19-4-6-21(31)7-5-19)27-33-10-11-39(27)26(20)36-28/h4-9,16-18,33H,10-15H2,1-3H3. The van der Waals surface area contributed by atoms with Crippen molar-refractivity contribution in [3.05, 3.63) is 71.2 Å². The summed E-state index contributed by atoms with van der Waals surface area (Å²) in [7, 11) is 0. The predicted molar refractivity (Wildman–Crippen MR) is 157 cm³/mol. The summed E-state index contributed by atoms with van der Waals surface area (Å²) in [4.78, 5) is 29.6. The van der Waals surface area contributed by atoms with Crippen LogP contribution < -0.4 is 15.8 Å². The summed E-state index contributed by atoms with van der Waals surface area (Å²) in [5.74, 6) is 1.24. The molecule has 0 saturated carbocycles. The molecule has 11 heteroatoms. The molecule has 0 bridgehead atoms. The lowest BCUT2D eigenvalue weighted by atomic mass is 10.0. The number of pyridine rings is 1. The summed E-state index contributed by atoms with van der Waals surface area (Å²) in [5, 5.41) is 4.14. The molecule has 1 N–H and O–H groups in total. The topological polar surface area (TPSA) is 87.9 Å². The van der Waals surface area contributed by atoms with E-state index in [0.29, 0.717) is 31.2 Å². The van der Waals surface area contributed by atoms with Gasteiger partial charge in [0, 0.05) is 67.3 Å². The first-order valence-electron chi connectivity index (χ1n) is 13.6. The molecule has 4 heterocycles. The van der Waals surface area contributed by atoms with Crippen LogP contribution in [0.1, 0.15) is 20.8 Å². The molecule has 1 saturated heterocycles. The third-order valence-corrected chi connectivity index (χ3v) is 7.35. The minimum Gasteiger partial charge on any atom is -0.444 e. The van der Waals surface area contributed by atoms with Gasteiger partial charge in [-0.25, -0.2) is 19.2 Å². The molecule has 2 aromatic rings. The number of fused-ring (bicyclic) bond motifs is 3. The Morgan fingerprint density at radius 3 is 2.49 bits per heavy atom. The van der Waals surface area contributed by atoms with E-state index in [9.17, 15) is 4.79 Å². The Labute approximate surface area is 242 Å². The zero-order valence-corrected chi connectivity index (χ0v) is 24.0. The molecule has 9 nitrogen and oxygen atoms in total. The van der Waals surface area contributed by atoms with Crippen molar-refractivity contribution in [1.82, 2.24) is 19.4 Å². The number of anilines is 2. The first-order valence-corrected chi connectivity index (χ1v) is 14.0. The van der Waals surface area contributed by atoms with Gasteiger partial charge in [-0.2, -0.15) is 4.98 Å². The number of nitrogens with zero attached hydrogens (tertiary/aromatic N) is 6. The van der Waals surface area contributed by atoms with Gasteiger partial charge in [-0.15, -0.1) is 0 Å². The highest BCUT2D eigenvalue weighted by atomic mass is 35.5. The van der Waals surface area contributed by atoms with Crippen LogP contribution in [0.15, 0.2) is 59.7 Å². The van der Waals surface area contributed by atoms with Crippen molar-refractivity contribution < 1.29 is 13.9 Å². The summed E-state index contributed by atoms with van der Waals surface area (Å²) < 4.78 is 22.8. The van der Waals surface area contributed by atoms with Gasteiger partial charge in [0.05, 0.1) is 0 Å². The Balaban J connectivity index is 1.23. The quantitative estimate of drug-likeness (QED) is 0.344. The van der Waals surface area contributed by atoms with Crippen molar-refractivity contribution in [3.8, 4) is 22.5 Å². The fraction of sp³-hybridized carbons (Fsp3) is 0.333. The van der Waals surface area contributed by atoms with Gasteiger partial charge in [-0.3, -0.25) is 0 Å². The first-order chi connectivity index (χ1) is 19.6. The van der Waals surface area contributed by atoms with Crippen LogP contribution in [0.25, 0.3) is 22.5 Å². The molecular weight excluding hydrogens is 545 g/mol. The smallest absolute Gasteiger partial charge is 0.410 e. The Morgan fingerprint density at radius 1 is 1.02 bits per heavy atom. The van der Waals surface area contributed by atoms with E-state index in [2.05, 4.69) is 19.9 Å². The minimum atomic E-state index is -0.540. The molecule has 1 fully saturated rings. The van der Waals surface area contributed by atoms with Gasteiger partial charge >= 0.3 is 6.09 Å². The highest BCUT2D eigenvalue weighted by Crippen LogP contribution is 2.37. The molecule has 0 aromatic heterocycles. The van der Waals surface area contributed by atoms with Crippen LogP contribution in [0, 0.1) is 5.82 Å². The fourth-order valence-corrected chi connectivity index (χ4v) is 5.25. The number of rotatable bonds is 3. The number of hydrogen-bond acceptors (Lipinski definition) is 7. The molecule has 0 atom stereocenters. The summed E-state index contributed by atoms with van der Waals surface area (Å²) in [6.07, 6.45) is 1.40. The van der Waals surface area contributed by atoms with Gasteiger partial charge in [0.1, 0.15) is 22.9 Å². The van der Waals surface area contributed by atoms with E-state index in [1.54, 1.807) is 17.2 Å². The van der Waals surface area contributed by atoms with E-state index in [1.807, 2.05) is 62.1 Å². The maximum absolute atomic E-state index is 15.2. The average molecular weight is 576 g/mol. The van der Waals surface area contributed by atoms with Crippen LogP contribution >= 0.6 is 11.6 Å². The van der Waals surface area contributed by atoms with Gasteiger partial charge < -0.3 is 24.4 Å². The molecule has 212 valence electrons. The van der Waals surface area contributed by atoms with Crippen LogP contribution in [0.2, 0.25) is 5.02 Å². The van der Waals surface area contributed by atoms with Crippen molar-refractivity contribution in [2.24, 2.45) is 4.99 Å². The van der Waals surface area contributed by atoms with E-state index in [1.165, 1.54) is 6.07 Å². The number of carbonyl (C=O) groups excluding carboxylic acids is 1. The van der Waals surface area contributed by atoms with Crippen molar-refractivity contribution in [2.75, 3.05) is 42.9 Å². The van der Waals surface area contributed by atoms with Crippen molar-refractivity contribution in [2.45, 2.75) is 32.9 Å². The molecule has 1 amide bonds. The summed E-state index contributed by atoms with van der Waals surface area (Å²) >= 11 is 6.09. The number of amides is 1. The van der Waals surface area contributed by atoms with Gasteiger partial charge in [-0.1, -0.05) is 23.7 Å². The largest absolute Gasteiger partial charge is 0.444 e. The second-order valence-corrected chi connectivity index (χ2v) is 11.6. The van der Waals surface area contributed by atoms with Crippen molar-refractivity contribution in [1.29, 1.82) is 0 Å². The van der Waals surface area contributed by atoms with E-state index < -0.39 is 11.4 Å². The number of piperazine rings is 1. The number of nitrogens with one attached hydrogen (secondary N) is 1. The highest BCUT2D eigenvalue weighted by molar-refractivity contribution is 6.30. The van der Waals surface area contributed by atoms with Crippen LogP contribution in [0.4, 0.5) is 26.4 Å². The summed E-state index contributed by atoms with van der Waals surface area (Å²) in [6, 6.07) is 14.7. The van der Waals surface area contributed by atoms with Gasteiger partial charge in [0.15, 0.2) is 5.82 Å². The number of carbonyl (C=O) groups is 1. The maximum atomic E-state index is 15.2. The first kappa shape index (κ1) is 27.0. The zero-order chi connectivity index (χ0) is 28.7.